The zero-order chi connectivity index (χ0) is 18.5. The summed E-state index contributed by atoms with van der Waals surface area (Å²) in [7, 11) is 0. The molecule has 146 valence electrons. The summed E-state index contributed by atoms with van der Waals surface area (Å²) in [6.07, 6.45) is -11.9. The van der Waals surface area contributed by atoms with Crippen molar-refractivity contribution in [1.82, 2.24) is 0 Å². The normalized spacial score (nSPS) is 53.3. The molecule has 0 bridgehead atoms. The summed E-state index contributed by atoms with van der Waals surface area (Å²) < 4.78 is 27.4. The van der Waals surface area contributed by atoms with Gasteiger partial charge in [-0.1, -0.05) is 0 Å². The van der Waals surface area contributed by atoms with E-state index >= 15 is 0 Å². The van der Waals surface area contributed by atoms with Crippen LogP contribution in [0.5, 0.6) is 0 Å². The van der Waals surface area contributed by atoms with E-state index in [-0.39, 0.29) is 6.61 Å². The molecule has 0 aromatic heterocycles. The molecule has 0 spiro atoms. The fraction of sp³-hybridized carbons (Fsp3) is 1.00. The van der Waals surface area contributed by atoms with E-state index in [1.807, 2.05) is 0 Å². The quantitative estimate of drug-likeness (QED) is 0.353. The molecule has 0 aliphatic carbocycles. The van der Waals surface area contributed by atoms with E-state index in [9.17, 15) is 25.5 Å². The lowest BCUT2D eigenvalue weighted by Gasteiger charge is -2.50. The molecule has 10 heteroatoms. The minimum Gasteiger partial charge on any atom is -0.387 e. The highest BCUT2D eigenvalue weighted by Crippen LogP contribution is 2.34. The minimum absolute atomic E-state index is 0.127. The van der Waals surface area contributed by atoms with Crippen molar-refractivity contribution in [3.8, 4) is 0 Å². The molecule has 4 unspecified atom stereocenters. The van der Waals surface area contributed by atoms with Crippen molar-refractivity contribution in [1.29, 1.82) is 0 Å². The number of ether oxygens (including phenoxy) is 5. The molecule has 3 fully saturated rings. The molecule has 25 heavy (non-hydrogen) atoms. The molecule has 3 heterocycles. The summed E-state index contributed by atoms with van der Waals surface area (Å²) in [4.78, 5) is 0. The Labute approximate surface area is 144 Å². The van der Waals surface area contributed by atoms with Gasteiger partial charge in [0.25, 0.3) is 0 Å². The molecule has 0 aromatic carbocycles. The van der Waals surface area contributed by atoms with Crippen molar-refractivity contribution in [2.45, 2.75) is 88.0 Å². The van der Waals surface area contributed by atoms with Gasteiger partial charge < -0.3 is 49.2 Å². The Balaban J connectivity index is 1.69. The van der Waals surface area contributed by atoms with Crippen LogP contribution >= 0.6 is 0 Å². The highest BCUT2D eigenvalue weighted by atomic mass is 16.8. The van der Waals surface area contributed by atoms with Crippen LogP contribution < -0.4 is 0 Å². The number of fused-ring (bicyclic) bond motifs is 1. The molecule has 3 aliphatic heterocycles. The van der Waals surface area contributed by atoms with Crippen LogP contribution in [0, 0.1) is 0 Å². The molecular formula is C15H26O10. The second-order valence-corrected chi connectivity index (χ2v) is 7.13. The molecule has 3 aliphatic rings. The van der Waals surface area contributed by atoms with E-state index < -0.39 is 67.2 Å². The number of hydrogen-bond acceptors (Lipinski definition) is 10. The van der Waals surface area contributed by atoms with E-state index in [2.05, 4.69) is 0 Å². The summed E-state index contributed by atoms with van der Waals surface area (Å²) in [6.45, 7) is 5.04. The summed E-state index contributed by atoms with van der Waals surface area (Å²) >= 11 is 0. The van der Waals surface area contributed by atoms with Gasteiger partial charge in [0.15, 0.2) is 18.4 Å². The third-order valence-electron chi connectivity index (χ3n) is 4.74. The molecule has 10 nitrogen and oxygen atoms in total. The highest BCUT2D eigenvalue weighted by Gasteiger charge is 2.53. The van der Waals surface area contributed by atoms with Crippen LogP contribution in [-0.4, -0.2) is 99.3 Å². The van der Waals surface area contributed by atoms with Crippen molar-refractivity contribution in [2.24, 2.45) is 0 Å². The van der Waals surface area contributed by atoms with Crippen molar-refractivity contribution in [3.63, 3.8) is 0 Å². The topological polar surface area (TPSA) is 147 Å². The maximum atomic E-state index is 10.4. The highest BCUT2D eigenvalue weighted by molar-refractivity contribution is 4.95. The third-order valence-corrected chi connectivity index (χ3v) is 4.74. The lowest BCUT2D eigenvalue weighted by molar-refractivity contribution is -0.396. The Kier molecular flexibility index (Phi) is 5.40. The van der Waals surface area contributed by atoms with E-state index in [1.54, 1.807) is 13.8 Å². The molecular weight excluding hydrogens is 340 g/mol. The van der Waals surface area contributed by atoms with Crippen LogP contribution in [-0.2, 0) is 23.7 Å². The van der Waals surface area contributed by atoms with E-state index in [0.29, 0.717) is 0 Å². The van der Waals surface area contributed by atoms with Crippen molar-refractivity contribution in [2.75, 3.05) is 6.61 Å². The van der Waals surface area contributed by atoms with Crippen LogP contribution in [0.25, 0.3) is 0 Å². The molecule has 0 radical (unpaired) electrons. The first-order valence-electron chi connectivity index (χ1n) is 8.29. The van der Waals surface area contributed by atoms with Crippen molar-refractivity contribution >= 4 is 0 Å². The Bertz CT molecular complexity index is 471. The first-order chi connectivity index (χ1) is 11.6. The average molecular weight is 366 g/mol. The van der Waals surface area contributed by atoms with Gasteiger partial charge in [-0.3, -0.25) is 0 Å². The monoisotopic (exact) mass is 366 g/mol. The molecule has 0 aromatic rings. The smallest absolute Gasteiger partial charge is 0.187 e. The largest absolute Gasteiger partial charge is 0.387 e. The second-order valence-electron chi connectivity index (χ2n) is 7.13. The van der Waals surface area contributed by atoms with Gasteiger partial charge in [0.1, 0.15) is 42.7 Å². The van der Waals surface area contributed by atoms with Gasteiger partial charge in [0.2, 0.25) is 0 Å². The van der Waals surface area contributed by atoms with Crippen LogP contribution in [0.1, 0.15) is 20.8 Å². The second kappa shape index (κ2) is 6.97. The zero-order valence-electron chi connectivity index (χ0n) is 14.3. The minimum atomic E-state index is -1.57. The molecule has 0 amide bonds. The predicted molar refractivity (Wildman–Crippen MR) is 79.0 cm³/mol. The Morgan fingerprint density at radius 1 is 0.920 bits per heavy atom. The zero-order valence-corrected chi connectivity index (χ0v) is 14.3. The summed E-state index contributed by atoms with van der Waals surface area (Å²) in [6, 6.07) is 0. The molecule has 10 atom stereocenters. The van der Waals surface area contributed by atoms with Crippen LogP contribution in [0.2, 0.25) is 0 Å². The van der Waals surface area contributed by atoms with Gasteiger partial charge in [-0.05, 0) is 20.8 Å². The maximum absolute atomic E-state index is 10.4. The number of rotatable bonds is 2. The Morgan fingerprint density at radius 2 is 1.60 bits per heavy atom. The average Bonchev–Trinajstić information content (AvgIpc) is 2.54. The number of aliphatic hydroxyl groups excluding tert-OH is 5. The van der Waals surface area contributed by atoms with E-state index in [1.165, 1.54) is 6.92 Å². The van der Waals surface area contributed by atoms with Crippen LogP contribution in [0.4, 0.5) is 0 Å². The van der Waals surface area contributed by atoms with Gasteiger partial charge in [0.05, 0.1) is 12.7 Å². The van der Waals surface area contributed by atoms with Gasteiger partial charge >= 0.3 is 0 Å². The Hall–Kier alpha value is -0.400. The van der Waals surface area contributed by atoms with Crippen molar-refractivity contribution in [3.05, 3.63) is 0 Å². The van der Waals surface area contributed by atoms with Gasteiger partial charge in [-0.2, -0.15) is 0 Å². The van der Waals surface area contributed by atoms with Gasteiger partial charge in [-0.15, -0.1) is 0 Å². The molecule has 5 N–H and O–H groups in total. The van der Waals surface area contributed by atoms with Gasteiger partial charge in [-0.25, -0.2) is 0 Å². The van der Waals surface area contributed by atoms with Crippen LogP contribution in [0.3, 0.4) is 0 Å². The SMILES string of the molecule is CC1O[C@@H](O)C(O)[C@@H](O)[C@H]1O[C@@H]1OC2COC(C)(C)O[C@@H]2[C@H](O)C1O. The molecule has 3 saturated heterocycles. The maximum Gasteiger partial charge on any atom is 0.187 e. The van der Waals surface area contributed by atoms with Crippen molar-refractivity contribution < 1.29 is 49.2 Å². The van der Waals surface area contributed by atoms with E-state index in [4.69, 9.17) is 23.7 Å². The third kappa shape index (κ3) is 3.69. The van der Waals surface area contributed by atoms with Gasteiger partial charge in [0, 0.05) is 0 Å². The molecule has 3 rings (SSSR count). The van der Waals surface area contributed by atoms with E-state index in [0.717, 1.165) is 0 Å². The summed E-state index contributed by atoms with van der Waals surface area (Å²) in [5.41, 5.74) is 0. The number of aliphatic hydroxyl groups is 5. The fourth-order valence-electron chi connectivity index (χ4n) is 3.31. The number of hydrogen-bond donors (Lipinski definition) is 5. The molecule has 0 saturated carbocycles. The van der Waals surface area contributed by atoms with Crippen LogP contribution in [0.15, 0.2) is 0 Å². The standard InChI is InChI=1S/C15H26O10/c1-5-11(7(16)9(18)13(20)22-5)24-14-10(19)8(17)12-6(23-14)4-21-15(2,3)25-12/h5-14,16-20H,4H2,1-3H3/t5?,6?,7-,8-,9?,10?,11+,12+,13-,14+/m1/s1. The summed E-state index contributed by atoms with van der Waals surface area (Å²) in [5.74, 6) is -0.916. The lowest BCUT2D eigenvalue weighted by atomic mass is 9.96. The first-order valence-corrected chi connectivity index (χ1v) is 8.29. The Morgan fingerprint density at radius 3 is 2.28 bits per heavy atom. The first kappa shape index (κ1) is 19.4. The predicted octanol–water partition coefficient (Wildman–Crippen LogP) is -2.57. The lowest BCUT2D eigenvalue weighted by Crippen LogP contribution is -2.66. The fourth-order valence-corrected chi connectivity index (χ4v) is 3.31. The summed E-state index contributed by atoms with van der Waals surface area (Å²) in [5, 5.41) is 50.0.